The van der Waals surface area contributed by atoms with Gasteiger partial charge in [-0.3, -0.25) is 19.2 Å². The van der Waals surface area contributed by atoms with Crippen LogP contribution < -0.4 is 21.3 Å². The average molecular weight is 523 g/mol. The van der Waals surface area contributed by atoms with Crippen LogP contribution in [0.2, 0.25) is 0 Å². The molecule has 2 aromatic carbocycles. The number of hydrogen-bond acceptors (Lipinski definition) is 4. The van der Waals surface area contributed by atoms with Gasteiger partial charge in [0.05, 0.1) is 0 Å². The van der Waals surface area contributed by atoms with E-state index in [2.05, 4.69) is 21.3 Å². The first-order valence-electron chi connectivity index (χ1n) is 13.8. The molecule has 4 amide bonds. The van der Waals surface area contributed by atoms with E-state index in [0.717, 1.165) is 74.1 Å². The molecule has 0 aliphatic heterocycles. The van der Waals surface area contributed by atoms with Gasteiger partial charge in [-0.05, 0) is 74.2 Å². The first-order valence-corrected chi connectivity index (χ1v) is 13.8. The molecule has 4 N–H and O–H groups in total. The zero-order valence-corrected chi connectivity index (χ0v) is 22.7. The van der Waals surface area contributed by atoms with E-state index in [1.807, 2.05) is 13.8 Å². The Morgan fingerprint density at radius 1 is 0.421 bits per heavy atom. The van der Waals surface area contributed by atoms with Crippen molar-refractivity contribution in [2.45, 2.75) is 90.9 Å². The monoisotopic (exact) mass is 522 g/mol. The molecule has 0 bridgehead atoms. The number of nitrogens with one attached hydrogen (secondary N) is 4. The summed E-state index contributed by atoms with van der Waals surface area (Å²) in [5.41, 5.74) is 2.89. The highest BCUT2D eigenvalue weighted by atomic mass is 16.2. The number of benzene rings is 2. The minimum absolute atomic E-state index is 0.00961. The molecule has 2 rings (SSSR count). The van der Waals surface area contributed by atoms with E-state index < -0.39 is 0 Å². The molecule has 38 heavy (non-hydrogen) atoms. The van der Waals surface area contributed by atoms with Crippen LogP contribution in [0, 0.1) is 0 Å². The number of carbonyl (C=O) groups is 4. The summed E-state index contributed by atoms with van der Waals surface area (Å²) in [6.07, 6.45) is 9.20. The third-order valence-electron chi connectivity index (χ3n) is 5.92. The number of carbonyl (C=O) groups excluding carboxylic acids is 4. The van der Waals surface area contributed by atoms with Crippen molar-refractivity contribution in [2.24, 2.45) is 0 Å². The van der Waals surface area contributed by atoms with E-state index in [-0.39, 0.29) is 23.6 Å². The van der Waals surface area contributed by atoms with Crippen LogP contribution in [0.3, 0.4) is 0 Å². The SMILES string of the molecule is CCCC(=O)Nc1ccc(NC(=O)CCCCCCCCC(=O)Nc2ccc(NC(=O)CCC)cc2)cc1. The number of rotatable bonds is 17. The summed E-state index contributed by atoms with van der Waals surface area (Å²) in [5, 5.41) is 11.4. The van der Waals surface area contributed by atoms with Gasteiger partial charge < -0.3 is 21.3 Å². The Balaban J connectivity index is 1.50. The van der Waals surface area contributed by atoms with Gasteiger partial charge in [-0.15, -0.1) is 0 Å². The van der Waals surface area contributed by atoms with Gasteiger partial charge in [0, 0.05) is 48.4 Å². The fraction of sp³-hybridized carbons (Fsp3) is 0.467. The molecular weight excluding hydrogens is 480 g/mol. The summed E-state index contributed by atoms with van der Waals surface area (Å²) in [6, 6.07) is 14.3. The lowest BCUT2D eigenvalue weighted by molar-refractivity contribution is -0.117. The van der Waals surface area contributed by atoms with Crippen LogP contribution in [-0.2, 0) is 19.2 Å². The molecule has 0 saturated heterocycles. The van der Waals surface area contributed by atoms with E-state index >= 15 is 0 Å². The summed E-state index contributed by atoms with van der Waals surface area (Å²) in [5.74, 6) is -0.0455. The van der Waals surface area contributed by atoms with Crippen molar-refractivity contribution in [1.82, 2.24) is 0 Å². The van der Waals surface area contributed by atoms with Gasteiger partial charge in [0.15, 0.2) is 0 Å². The minimum Gasteiger partial charge on any atom is -0.326 e. The van der Waals surface area contributed by atoms with Gasteiger partial charge in [-0.2, -0.15) is 0 Å². The quantitative estimate of drug-likeness (QED) is 0.170. The third kappa shape index (κ3) is 13.0. The molecule has 8 nitrogen and oxygen atoms in total. The molecular formula is C30H42N4O4. The molecule has 0 unspecified atom stereocenters. The number of unbranched alkanes of at least 4 members (excludes halogenated alkanes) is 5. The average Bonchev–Trinajstić information content (AvgIpc) is 2.88. The second kappa shape index (κ2) is 17.7. The first-order chi connectivity index (χ1) is 18.4. The summed E-state index contributed by atoms with van der Waals surface area (Å²) in [4.78, 5) is 47.6. The van der Waals surface area contributed by atoms with Crippen LogP contribution in [0.5, 0.6) is 0 Å². The van der Waals surface area contributed by atoms with Gasteiger partial charge in [-0.25, -0.2) is 0 Å². The van der Waals surface area contributed by atoms with Crippen molar-refractivity contribution in [1.29, 1.82) is 0 Å². The van der Waals surface area contributed by atoms with Crippen molar-refractivity contribution in [3.8, 4) is 0 Å². The summed E-state index contributed by atoms with van der Waals surface area (Å²) < 4.78 is 0. The van der Waals surface area contributed by atoms with Crippen molar-refractivity contribution in [2.75, 3.05) is 21.3 Å². The van der Waals surface area contributed by atoms with Gasteiger partial charge in [0.1, 0.15) is 0 Å². The van der Waals surface area contributed by atoms with E-state index in [1.165, 1.54) is 0 Å². The van der Waals surface area contributed by atoms with Crippen LogP contribution in [0.4, 0.5) is 22.7 Å². The molecule has 0 spiro atoms. The Morgan fingerprint density at radius 3 is 0.921 bits per heavy atom. The van der Waals surface area contributed by atoms with Gasteiger partial charge >= 0.3 is 0 Å². The van der Waals surface area contributed by atoms with Gasteiger partial charge in [0.2, 0.25) is 23.6 Å². The molecule has 2 aromatic rings. The molecule has 0 fully saturated rings. The van der Waals surface area contributed by atoms with E-state index in [0.29, 0.717) is 25.7 Å². The Bertz CT molecular complexity index is 936. The lowest BCUT2D eigenvalue weighted by atomic mass is 10.1. The van der Waals surface area contributed by atoms with Crippen molar-refractivity contribution < 1.29 is 19.2 Å². The maximum atomic E-state index is 12.2. The smallest absolute Gasteiger partial charge is 0.224 e. The van der Waals surface area contributed by atoms with E-state index in [4.69, 9.17) is 0 Å². The largest absolute Gasteiger partial charge is 0.326 e. The fourth-order valence-corrected chi connectivity index (χ4v) is 3.90. The molecule has 206 valence electrons. The Morgan fingerprint density at radius 2 is 0.658 bits per heavy atom. The molecule has 0 heterocycles. The van der Waals surface area contributed by atoms with Crippen molar-refractivity contribution in [3.63, 3.8) is 0 Å². The molecule has 8 heteroatoms. The van der Waals surface area contributed by atoms with Crippen molar-refractivity contribution in [3.05, 3.63) is 48.5 Å². The first kappa shape index (κ1) is 30.5. The van der Waals surface area contributed by atoms with Crippen LogP contribution in [0.1, 0.15) is 90.9 Å². The maximum Gasteiger partial charge on any atom is 0.224 e. The molecule has 0 aliphatic rings. The van der Waals surface area contributed by atoms with Crippen molar-refractivity contribution >= 4 is 46.4 Å². The second-order valence-corrected chi connectivity index (χ2v) is 9.47. The molecule has 0 aliphatic carbocycles. The molecule has 0 saturated carbocycles. The summed E-state index contributed by atoms with van der Waals surface area (Å²) in [7, 11) is 0. The Labute approximate surface area is 226 Å². The van der Waals surface area contributed by atoms with E-state index in [1.54, 1.807) is 48.5 Å². The third-order valence-corrected chi connectivity index (χ3v) is 5.92. The maximum absolute atomic E-state index is 12.2. The lowest BCUT2D eigenvalue weighted by Crippen LogP contribution is -2.12. The summed E-state index contributed by atoms with van der Waals surface area (Å²) in [6.45, 7) is 3.92. The Kier molecular flexibility index (Phi) is 14.2. The molecule has 0 aromatic heterocycles. The lowest BCUT2D eigenvalue weighted by Gasteiger charge is -2.08. The number of anilines is 4. The van der Waals surface area contributed by atoms with E-state index in [9.17, 15) is 19.2 Å². The highest BCUT2D eigenvalue weighted by Gasteiger charge is 2.06. The number of amides is 4. The van der Waals surface area contributed by atoms with Crippen LogP contribution in [0.15, 0.2) is 48.5 Å². The van der Waals surface area contributed by atoms with Gasteiger partial charge in [-0.1, -0.05) is 39.5 Å². The predicted molar refractivity (Wildman–Crippen MR) is 154 cm³/mol. The highest BCUT2D eigenvalue weighted by Crippen LogP contribution is 2.17. The zero-order valence-electron chi connectivity index (χ0n) is 22.7. The standard InChI is InChI=1S/C30H42N4O4/c1-3-11-27(35)31-23-15-19-25(20-16-23)33-29(37)13-9-7-5-6-8-10-14-30(38)34-26-21-17-24(18-22-26)32-28(36)12-4-2/h15-22H,3-14H2,1-2H3,(H,31,35)(H,32,36)(H,33,37)(H,34,38). The Hall–Kier alpha value is -3.68. The fourth-order valence-electron chi connectivity index (χ4n) is 3.90. The molecule has 0 atom stereocenters. The minimum atomic E-state index is -0.0131. The predicted octanol–water partition coefficient (Wildman–Crippen LogP) is 6.86. The second-order valence-electron chi connectivity index (χ2n) is 9.47. The topological polar surface area (TPSA) is 116 Å². The normalized spacial score (nSPS) is 10.5. The van der Waals surface area contributed by atoms with Crippen LogP contribution >= 0.6 is 0 Å². The molecule has 0 radical (unpaired) electrons. The van der Waals surface area contributed by atoms with Gasteiger partial charge in [0.25, 0.3) is 0 Å². The zero-order chi connectivity index (χ0) is 27.6. The highest BCUT2D eigenvalue weighted by molar-refractivity contribution is 5.93. The number of hydrogen-bond donors (Lipinski definition) is 4. The van der Waals surface area contributed by atoms with Crippen LogP contribution in [-0.4, -0.2) is 23.6 Å². The summed E-state index contributed by atoms with van der Waals surface area (Å²) >= 11 is 0. The van der Waals surface area contributed by atoms with Crippen LogP contribution in [0.25, 0.3) is 0 Å².